The highest BCUT2D eigenvalue weighted by Crippen LogP contribution is 2.17. The van der Waals surface area contributed by atoms with E-state index in [1.165, 1.54) is 0 Å². The number of halogens is 1. The first-order chi connectivity index (χ1) is 8.97. The molecule has 2 rings (SSSR count). The highest BCUT2D eigenvalue weighted by molar-refractivity contribution is 5.43. The number of aromatic nitrogens is 2. The highest BCUT2D eigenvalue weighted by Gasteiger charge is 2.09. The lowest BCUT2D eigenvalue weighted by atomic mass is 10.1. The van der Waals surface area contributed by atoms with Gasteiger partial charge < -0.3 is 4.90 Å². The molecule has 1 aromatic carbocycles. The fourth-order valence-electron chi connectivity index (χ4n) is 1.97. The van der Waals surface area contributed by atoms with E-state index in [1.807, 2.05) is 31.9 Å². The second-order valence-electron chi connectivity index (χ2n) is 4.86. The van der Waals surface area contributed by atoms with Crippen molar-refractivity contribution in [1.29, 1.82) is 0 Å². The van der Waals surface area contributed by atoms with Crippen molar-refractivity contribution in [2.75, 3.05) is 11.9 Å². The Morgan fingerprint density at radius 3 is 2.63 bits per heavy atom. The quantitative estimate of drug-likeness (QED) is 0.847. The number of aryl methyl sites for hydroxylation is 3. The molecule has 0 amide bonds. The van der Waals surface area contributed by atoms with Gasteiger partial charge in [-0.05, 0) is 38.0 Å². The van der Waals surface area contributed by atoms with Gasteiger partial charge in [0, 0.05) is 19.8 Å². The number of hydrogen-bond donors (Lipinski definition) is 0. The summed E-state index contributed by atoms with van der Waals surface area (Å²) >= 11 is 0. The molecule has 0 aliphatic heterocycles. The summed E-state index contributed by atoms with van der Waals surface area (Å²) in [7, 11) is 1.94. The molecule has 0 spiro atoms. The molecule has 2 aromatic rings. The van der Waals surface area contributed by atoms with Gasteiger partial charge in [0.15, 0.2) is 0 Å². The summed E-state index contributed by atoms with van der Waals surface area (Å²) in [4.78, 5) is 10.8. The van der Waals surface area contributed by atoms with Crippen molar-refractivity contribution in [3.8, 4) is 0 Å². The summed E-state index contributed by atoms with van der Waals surface area (Å²) in [5, 5.41) is 0. The van der Waals surface area contributed by atoms with Gasteiger partial charge in [-0.2, -0.15) is 0 Å². The van der Waals surface area contributed by atoms with Crippen LogP contribution in [0.25, 0.3) is 0 Å². The van der Waals surface area contributed by atoms with Gasteiger partial charge in [-0.1, -0.05) is 12.1 Å². The van der Waals surface area contributed by atoms with Crippen LogP contribution in [0.1, 0.15) is 22.5 Å². The number of rotatable bonds is 3. The van der Waals surface area contributed by atoms with Crippen LogP contribution < -0.4 is 4.90 Å². The maximum absolute atomic E-state index is 13.5. The van der Waals surface area contributed by atoms with Crippen molar-refractivity contribution in [3.05, 3.63) is 52.7 Å². The highest BCUT2D eigenvalue weighted by atomic mass is 19.1. The van der Waals surface area contributed by atoms with Crippen molar-refractivity contribution in [3.63, 3.8) is 0 Å². The second kappa shape index (κ2) is 5.34. The third kappa shape index (κ3) is 3.08. The van der Waals surface area contributed by atoms with Crippen LogP contribution in [0.3, 0.4) is 0 Å². The van der Waals surface area contributed by atoms with Gasteiger partial charge in [0.2, 0.25) is 0 Å². The third-order valence-electron chi connectivity index (χ3n) is 3.07. The van der Waals surface area contributed by atoms with E-state index in [0.29, 0.717) is 12.1 Å². The zero-order chi connectivity index (χ0) is 14.0. The Bertz CT molecular complexity index is 596. The molecule has 0 atom stereocenters. The van der Waals surface area contributed by atoms with Gasteiger partial charge in [0.05, 0.1) is 11.4 Å². The molecule has 0 bridgehead atoms. The lowest BCUT2D eigenvalue weighted by molar-refractivity contribution is 0.615. The maximum atomic E-state index is 13.5. The molecular weight excluding hydrogens is 241 g/mol. The number of hydrogen-bond acceptors (Lipinski definition) is 3. The zero-order valence-electron chi connectivity index (χ0n) is 11.7. The number of benzene rings is 1. The molecular formula is C15H18FN3. The number of anilines is 1. The lowest BCUT2D eigenvalue weighted by Gasteiger charge is -2.20. The lowest BCUT2D eigenvalue weighted by Crippen LogP contribution is -2.19. The molecule has 0 saturated carbocycles. The standard InChI is InChI=1S/C15H18FN3/c1-10-5-6-13(7-14(10)16)9-19(4)15-12(3)17-8-11(2)18-15/h5-8H,9H2,1-4H3. The van der Waals surface area contributed by atoms with Gasteiger partial charge in [-0.25, -0.2) is 9.37 Å². The van der Waals surface area contributed by atoms with Crippen LogP contribution in [-0.4, -0.2) is 17.0 Å². The minimum absolute atomic E-state index is 0.169. The zero-order valence-corrected chi connectivity index (χ0v) is 11.7. The Morgan fingerprint density at radius 1 is 1.21 bits per heavy atom. The average Bonchev–Trinajstić information content (AvgIpc) is 2.36. The molecule has 0 radical (unpaired) electrons. The van der Waals surface area contributed by atoms with Gasteiger partial charge in [-0.3, -0.25) is 4.98 Å². The molecule has 0 unspecified atom stereocenters. The molecule has 1 heterocycles. The third-order valence-corrected chi connectivity index (χ3v) is 3.07. The van der Waals surface area contributed by atoms with Gasteiger partial charge >= 0.3 is 0 Å². The molecule has 0 aliphatic carbocycles. The first-order valence-electron chi connectivity index (χ1n) is 6.24. The fourth-order valence-corrected chi connectivity index (χ4v) is 1.97. The van der Waals surface area contributed by atoms with E-state index in [0.717, 1.165) is 22.8 Å². The Kier molecular flexibility index (Phi) is 3.79. The van der Waals surface area contributed by atoms with Crippen molar-refractivity contribution in [2.24, 2.45) is 0 Å². The molecule has 3 nitrogen and oxygen atoms in total. The SMILES string of the molecule is Cc1cnc(C)c(N(C)Cc2ccc(C)c(F)c2)n1. The van der Waals surface area contributed by atoms with Crippen molar-refractivity contribution in [2.45, 2.75) is 27.3 Å². The van der Waals surface area contributed by atoms with Gasteiger partial charge in [0.25, 0.3) is 0 Å². The van der Waals surface area contributed by atoms with Crippen molar-refractivity contribution >= 4 is 5.82 Å². The van der Waals surface area contributed by atoms with Crippen LogP contribution in [0.2, 0.25) is 0 Å². The van der Waals surface area contributed by atoms with E-state index in [1.54, 1.807) is 25.3 Å². The summed E-state index contributed by atoms with van der Waals surface area (Å²) in [6.45, 7) is 6.21. The van der Waals surface area contributed by atoms with Crippen LogP contribution >= 0.6 is 0 Å². The summed E-state index contributed by atoms with van der Waals surface area (Å²) in [5.74, 6) is 0.666. The minimum atomic E-state index is -0.169. The van der Waals surface area contributed by atoms with E-state index in [2.05, 4.69) is 9.97 Å². The molecule has 100 valence electrons. The van der Waals surface area contributed by atoms with Crippen LogP contribution in [0, 0.1) is 26.6 Å². The van der Waals surface area contributed by atoms with Crippen LogP contribution in [0.4, 0.5) is 10.2 Å². The summed E-state index contributed by atoms with van der Waals surface area (Å²) in [6, 6.07) is 5.31. The van der Waals surface area contributed by atoms with E-state index in [-0.39, 0.29) is 5.82 Å². The maximum Gasteiger partial charge on any atom is 0.150 e. The molecule has 19 heavy (non-hydrogen) atoms. The second-order valence-corrected chi connectivity index (χ2v) is 4.86. The monoisotopic (exact) mass is 259 g/mol. The molecule has 1 aromatic heterocycles. The molecule has 0 saturated heterocycles. The van der Waals surface area contributed by atoms with Crippen molar-refractivity contribution < 1.29 is 4.39 Å². The van der Waals surface area contributed by atoms with E-state index in [9.17, 15) is 4.39 Å². The van der Waals surface area contributed by atoms with E-state index < -0.39 is 0 Å². The van der Waals surface area contributed by atoms with Crippen LogP contribution in [0.15, 0.2) is 24.4 Å². The summed E-state index contributed by atoms with van der Waals surface area (Å²) in [5.41, 5.74) is 3.34. The van der Waals surface area contributed by atoms with E-state index in [4.69, 9.17) is 0 Å². The Hall–Kier alpha value is -1.97. The predicted molar refractivity (Wildman–Crippen MR) is 74.8 cm³/mol. The number of nitrogens with zero attached hydrogens (tertiary/aromatic N) is 3. The largest absolute Gasteiger partial charge is 0.354 e. The first kappa shape index (κ1) is 13.5. The molecule has 0 aliphatic rings. The van der Waals surface area contributed by atoms with Crippen molar-refractivity contribution in [1.82, 2.24) is 9.97 Å². The van der Waals surface area contributed by atoms with Gasteiger partial charge in [0.1, 0.15) is 11.6 Å². The Labute approximate surface area is 113 Å². The summed E-state index contributed by atoms with van der Waals surface area (Å²) < 4.78 is 13.5. The smallest absolute Gasteiger partial charge is 0.150 e. The molecule has 4 heteroatoms. The summed E-state index contributed by atoms with van der Waals surface area (Å²) in [6.07, 6.45) is 1.75. The Balaban J connectivity index is 2.22. The normalized spacial score (nSPS) is 10.6. The molecule has 0 N–H and O–H groups in total. The van der Waals surface area contributed by atoms with Crippen LogP contribution in [0.5, 0.6) is 0 Å². The Morgan fingerprint density at radius 2 is 1.95 bits per heavy atom. The van der Waals surface area contributed by atoms with E-state index >= 15 is 0 Å². The predicted octanol–water partition coefficient (Wildman–Crippen LogP) is 3.18. The fraction of sp³-hybridized carbons (Fsp3) is 0.333. The first-order valence-corrected chi connectivity index (χ1v) is 6.24. The van der Waals surface area contributed by atoms with Gasteiger partial charge in [-0.15, -0.1) is 0 Å². The average molecular weight is 259 g/mol. The molecule has 0 fully saturated rings. The minimum Gasteiger partial charge on any atom is -0.354 e. The van der Waals surface area contributed by atoms with Crippen LogP contribution in [-0.2, 0) is 6.54 Å². The topological polar surface area (TPSA) is 29.0 Å².